The molecule has 3 rings (SSSR count). The molecule has 0 bridgehead atoms. The molecular weight excluding hydrogens is 288 g/mol. The van der Waals surface area contributed by atoms with Gasteiger partial charge in [0.15, 0.2) is 5.17 Å². The molecule has 0 radical (unpaired) electrons. The average Bonchev–Trinajstić information content (AvgIpc) is 2.61. The molecule has 2 nitrogen and oxygen atoms in total. The van der Waals surface area contributed by atoms with Gasteiger partial charge in [-0.2, -0.15) is 0 Å². The summed E-state index contributed by atoms with van der Waals surface area (Å²) in [5.41, 5.74) is 3.49. The highest BCUT2D eigenvalue weighted by Gasteiger charge is 2.17. The van der Waals surface area contributed by atoms with Gasteiger partial charge in [-0.15, -0.1) is 6.58 Å². The molecule has 3 heteroatoms. The van der Waals surface area contributed by atoms with Crippen LogP contribution in [-0.2, 0) is 0 Å². The lowest BCUT2D eigenvalue weighted by Crippen LogP contribution is -2.24. The highest BCUT2D eigenvalue weighted by atomic mass is 32.2. The summed E-state index contributed by atoms with van der Waals surface area (Å²) in [6.45, 7) is 3.78. The minimum atomic E-state index is 0.0463. The zero-order valence-corrected chi connectivity index (χ0v) is 13.1. The normalized spacial score (nSPS) is 17.2. The Labute approximate surface area is 135 Å². The maximum absolute atomic E-state index is 4.81. The lowest BCUT2D eigenvalue weighted by Gasteiger charge is -2.22. The van der Waals surface area contributed by atoms with Crippen molar-refractivity contribution in [3.8, 4) is 0 Å². The van der Waals surface area contributed by atoms with Gasteiger partial charge in [0, 0.05) is 11.4 Å². The van der Waals surface area contributed by atoms with Gasteiger partial charge in [-0.25, -0.2) is 4.99 Å². The van der Waals surface area contributed by atoms with Crippen molar-refractivity contribution in [1.29, 1.82) is 0 Å². The number of nitrogens with zero attached hydrogens (tertiary/aromatic N) is 1. The fourth-order valence-electron chi connectivity index (χ4n) is 2.33. The average molecular weight is 306 g/mol. The predicted octanol–water partition coefficient (Wildman–Crippen LogP) is 4.65. The Morgan fingerprint density at radius 2 is 1.73 bits per heavy atom. The lowest BCUT2D eigenvalue weighted by molar-refractivity contribution is 0.888. The molecule has 1 aliphatic rings. The minimum Gasteiger partial charge on any atom is -0.335 e. The third kappa shape index (κ3) is 3.49. The van der Waals surface area contributed by atoms with Crippen molar-refractivity contribution in [3.05, 3.63) is 90.5 Å². The van der Waals surface area contributed by atoms with Crippen LogP contribution >= 0.6 is 11.8 Å². The molecule has 0 aliphatic carbocycles. The number of rotatable bonds is 4. The minimum absolute atomic E-state index is 0.0463. The van der Waals surface area contributed by atoms with E-state index in [1.807, 2.05) is 18.2 Å². The number of amidine groups is 1. The predicted molar refractivity (Wildman–Crippen MR) is 96.8 cm³/mol. The van der Waals surface area contributed by atoms with Gasteiger partial charge in [-0.05, 0) is 17.2 Å². The van der Waals surface area contributed by atoms with E-state index in [0.717, 1.165) is 16.6 Å². The first-order valence-corrected chi connectivity index (χ1v) is 8.26. The van der Waals surface area contributed by atoms with Crippen LogP contribution in [0.1, 0.15) is 17.2 Å². The van der Waals surface area contributed by atoms with E-state index in [1.54, 1.807) is 11.8 Å². The van der Waals surface area contributed by atoms with Crippen LogP contribution in [0.2, 0.25) is 0 Å². The number of nitrogens with one attached hydrogen (secondary N) is 1. The summed E-state index contributed by atoms with van der Waals surface area (Å²) < 4.78 is 0. The van der Waals surface area contributed by atoms with Crippen molar-refractivity contribution in [2.24, 2.45) is 4.99 Å². The number of benzene rings is 2. The van der Waals surface area contributed by atoms with Crippen molar-refractivity contribution in [2.75, 3.05) is 5.75 Å². The second kappa shape index (κ2) is 7.14. The summed E-state index contributed by atoms with van der Waals surface area (Å²) in [6, 6.07) is 20.8. The SMILES string of the molecule is C=CCSC1=N[C@H](c2ccccc2)C=C(c2ccccc2)N1. The Balaban J connectivity index is 1.94. The van der Waals surface area contributed by atoms with E-state index in [9.17, 15) is 0 Å². The molecule has 0 fully saturated rings. The van der Waals surface area contributed by atoms with Crippen LogP contribution in [0.25, 0.3) is 5.70 Å². The molecular formula is C19H18N2S. The van der Waals surface area contributed by atoms with Crippen LogP contribution in [0.15, 0.2) is 84.4 Å². The summed E-state index contributed by atoms with van der Waals surface area (Å²) in [5, 5.41) is 4.37. The summed E-state index contributed by atoms with van der Waals surface area (Å²) in [5.74, 6) is 0.843. The Morgan fingerprint density at radius 3 is 2.41 bits per heavy atom. The van der Waals surface area contributed by atoms with Crippen molar-refractivity contribution in [2.45, 2.75) is 6.04 Å². The summed E-state index contributed by atoms with van der Waals surface area (Å²) in [7, 11) is 0. The lowest BCUT2D eigenvalue weighted by atomic mass is 10.0. The van der Waals surface area contributed by atoms with E-state index in [1.165, 1.54) is 11.1 Å². The molecule has 22 heavy (non-hydrogen) atoms. The molecule has 1 atom stereocenters. The van der Waals surface area contributed by atoms with Gasteiger partial charge in [0.2, 0.25) is 0 Å². The summed E-state index contributed by atoms with van der Waals surface area (Å²) in [4.78, 5) is 4.81. The van der Waals surface area contributed by atoms with Crippen LogP contribution in [-0.4, -0.2) is 10.9 Å². The first kappa shape index (κ1) is 14.7. The molecule has 2 aromatic carbocycles. The molecule has 1 N–H and O–H groups in total. The van der Waals surface area contributed by atoms with Crippen LogP contribution in [0.4, 0.5) is 0 Å². The third-order valence-electron chi connectivity index (χ3n) is 3.39. The number of hydrogen-bond donors (Lipinski definition) is 1. The zero-order valence-electron chi connectivity index (χ0n) is 12.3. The molecule has 0 aromatic heterocycles. The van der Waals surface area contributed by atoms with E-state index in [-0.39, 0.29) is 6.04 Å². The van der Waals surface area contributed by atoms with E-state index in [2.05, 4.69) is 66.5 Å². The van der Waals surface area contributed by atoms with Crippen molar-refractivity contribution in [1.82, 2.24) is 5.32 Å². The first-order valence-electron chi connectivity index (χ1n) is 7.27. The standard InChI is InChI=1S/C19H18N2S/c1-2-13-22-19-20-17(15-9-5-3-6-10-15)14-18(21-19)16-11-7-4-8-12-16/h2-12,14,17H,1,13H2,(H,20,21)/t17-/m0/s1. The molecule has 0 saturated carbocycles. The van der Waals surface area contributed by atoms with Gasteiger partial charge < -0.3 is 5.32 Å². The fourth-order valence-corrected chi connectivity index (χ4v) is 2.97. The number of thioether (sulfide) groups is 1. The van der Waals surface area contributed by atoms with Crippen molar-refractivity contribution < 1.29 is 0 Å². The monoisotopic (exact) mass is 306 g/mol. The van der Waals surface area contributed by atoms with E-state index < -0.39 is 0 Å². The topological polar surface area (TPSA) is 24.4 Å². The van der Waals surface area contributed by atoms with Crippen LogP contribution in [0.5, 0.6) is 0 Å². The van der Waals surface area contributed by atoms with Crippen LogP contribution < -0.4 is 5.32 Å². The van der Waals surface area contributed by atoms with Gasteiger partial charge in [-0.1, -0.05) is 78.5 Å². The Morgan fingerprint density at radius 1 is 1.05 bits per heavy atom. The molecule has 1 aliphatic heterocycles. The quantitative estimate of drug-likeness (QED) is 0.832. The van der Waals surface area contributed by atoms with Crippen molar-refractivity contribution >= 4 is 22.6 Å². The van der Waals surface area contributed by atoms with Crippen LogP contribution in [0, 0.1) is 0 Å². The highest BCUT2D eigenvalue weighted by Crippen LogP contribution is 2.28. The second-order valence-corrected chi connectivity index (χ2v) is 5.97. The Bertz CT molecular complexity index is 690. The summed E-state index contributed by atoms with van der Waals surface area (Å²) >= 11 is 1.67. The first-order chi connectivity index (χ1) is 10.9. The van der Waals surface area contributed by atoms with Gasteiger partial charge in [0.05, 0.1) is 6.04 Å². The molecule has 0 amide bonds. The number of hydrogen-bond acceptors (Lipinski definition) is 3. The van der Waals surface area contributed by atoms with Gasteiger partial charge >= 0.3 is 0 Å². The molecule has 0 spiro atoms. The molecule has 110 valence electrons. The molecule has 0 unspecified atom stereocenters. The zero-order chi connectivity index (χ0) is 15.2. The maximum atomic E-state index is 4.81. The second-order valence-electron chi connectivity index (χ2n) is 4.96. The smallest absolute Gasteiger partial charge is 0.162 e. The highest BCUT2D eigenvalue weighted by molar-refractivity contribution is 8.14. The van der Waals surface area contributed by atoms with Crippen LogP contribution in [0.3, 0.4) is 0 Å². The summed E-state index contributed by atoms with van der Waals surface area (Å²) in [6.07, 6.45) is 4.08. The third-order valence-corrected chi connectivity index (χ3v) is 4.27. The molecule has 1 heterocycles. The maximum Gasteiger partial charge on any atom is 0.162 e. The van der Waals surface area contributed by atoms with Gasteiger partial charge in [0.1, 0.15) is 0 Å². The Hall–Kier alpha value is -2.26. The Kier molecular flexibility index (Phi) is 4.76. The van der Waals surface area contributed by atoms with E-state index in [4.69, 9.17) is 4.99 Å². The van der Waals surface area contributed by atoms with Gasteiger partial charge in [0.25, 0.3) is 0 Å². The van der Waals surface area contributed by atoms with E-state index in [0.29, 0.717) is 0 Å². The fraction of sp³-hybridized carbons (Fsp3) is 0.105. The largest absolute Gasteiger partial charge is 0.335 e. The molecule has 2 aromatic rings. The van der Waals surface area contributed by atoms with Crippen molar-refractivity contribution in [3.63, 3.8) is 0 Å². The molecule has 0 saturated heterocycles. The van der Waals surface area contributed by atoms with E-state index >= 15 is 0 Å². The van der Waals surface area contributed by atoms with Gasteiger partial charge in [-0.3, -0.25) is 0 Å². The number of aliphatic imine (C=N–C) groups is 1.